The number of aryl methyl sites for hydroxylation is 1. The Kier molecular flexibility index (Phi) is 3.81. The van der Waals surface area contributed by atoms with Crippen LogP contribution in [0.15, 0.2) is 18.2 Å². The van der Waals surface area contributed by atoms with E-state index in [0.29, 0.717) is 10.7 Å². The van der Waals surface area contributed by atoms with Gasteiger partial charge < -0.3 is 11.1 Å². The van der Waals surface area contributed by atoms with E-state index in [0.717, 1.165) is 29.5 Å². The van der Waals surface area contributed by atoms with Gasteiger partial charge in [-0.05, 0) is 24.6 Å². The van der Waals surface area contributed by atoms with Crippen molar-refractivity contribution in [1.82, 2.24) is 9.36 Å². The van der Waals surface area contributed by atoms with E-state index < -0.39 is 0 Å². The molecule has 0 aliphatic rings. The largest absolute Gasteiger partial charge is 0.399 e. The second-order valence-electron chi connectivity index (χ2n) is 3.63. The lowest BCUT2D eigenvalue weighted by atomic mass is 10.3. The summed E-state index contributed by atoms with van der Waals surface area (Å²) < 4.78 is 4.25. The number of nitrogens with one attached hydrogen (secondary N) is 1. The van der Waals surface area contributed by atoms with Crippen molar-refractivity contribution in [3.63, 3.8) is 0 Å². The van der Waals surface area contributed by atoms with Gasteiger partial charge in [-0.2, -0.15) is 4.37 Å². The van der Waals surface area contributed by atoms with Gasteiger partial charge in [0.25, 0.3) is 0 Å². The third-order valence-electron chi connectivity index (χ3n) is 2.17. The lowest BCUT2D eigenvalue weighted by Gasteiger charge is -2.05. The zero-order valence-corrected chi connectivity index (χ0v) is 11.0. The van der Waals surface area contributed by atoms with Gasteiger partial charge in [-0.25, -0.2) is 4.98 Å². The Morgan fingerprint density at radius 2 is 2.29 bits per heavy atom. The van der Waals surface area contributed by atoms with Crippen molar-refractivity contribution in [2.75, 3.05) is 11.1 Å². The molecule has 1 aromatic carbocycles. The molecule has 17 heavy (non-hydrogen) atoms. The molecule has 0 spiro atoms. The van der Waals surface area contributed by atoms with E-state index in [9.17, 15) is 0 Å². The third-order valence-corrected chi connectivity index (χ3v) is 3.17. The SMILES string of the molecule is CCCc1nsc(Nc2cc(N)ccc2Cl)n1. The zero-order chi connectivity index (χ0) is 12.3. The Labute approximate surface area is 109 Å². The van der Waals surface area contributed by atoms with E-state index >= 15 is 0 Å². The molecule has 0 saturated heterocycles. The highest BCUT2D eigenvalue weighted by Crippen LogP contribution is 2.28. The predicted octanol–water partition coefficient (Wildman–Crippen LogP) is 3.47. The number of nitrogens with two attached hydrogens (primary N) is 1. The number of anilines is 3. The molecule has 0 unspecified atom stereocenters. The molecule has 3 N–H and O–H groups in total. The first-order valence-electron chi connectivity index (χ1n) is 5.33. The molecule has 2 rings (SSSR count). The van der Waals surface area contributed by atoms with Gasteiger partial charge in [0.1, 0.15) is 5.82 Å². The number of nitrogens with zero attached hydrogens (tertiary/aromatic N) is 2. The van der Waals surface area contributed by atoms with Crippen molar-refractivity contribution in [3.05, 3.63) is 29.0 Å². The second-order valence-corrected chi connectivity index (χ2v) is 4.79. The van der Waals surface area contributed by atoms with Crippen LogP contribution in [0.25, 0.3) is 0 Å². The molecule has 0 aliphatic heterocycles. The standard InChI is InChI=1S/C11H13ClN4S/c1-2-3-10-15-11(17-16-10)14-9-6-7(13)4-5-8(9)12/h4-6H,2-3,13H2,1H3,(H,14,15,16). The van der Waals surface area contributed by atoms with Crippen LogP contribution in [0, 0.1) is 0 Å². The third kappa shape index (κ3) is 3.08. The smallest absolute Gasteiger partial charge is 0.207 e. The quantitative estimate of drug-likeness (QED) is 0.834. The molecule has 0 aliphatic carbocycles. The molecule has 0 atom stereocenters. The highest BCUT2D eigenvalue weighted by atomic mass is 35.5. The lowest BCUT2D eigenvalue weighted by Crippen LogP contribution is -1.93. The van der Waals surface area contributed by atoms with Crippen LogP contribution >= 0.6 is 23.1 Å². The fourth-order valence-electron chi connectivity index (χ4n) is 1.38. The van der Waals surface area contributed by atoms with Gasteiger partial charge in [0, 0.05) is 23.6 Å². The highest BCUT2D eigenvalue weighted by Gasteiger charge is 2.06. The van der Waals surface area contributed by atoms with Crippen molar-refractivity contribution in [3.8, 4) is 0 Å². The molecule has 6 heteroatoms. The fourth-order valence-corrected chi connectivity index (χ4v) is 2.17. The van der Waals surface area contributed by atoms with Crippen LogP contribution in [0.2, 0.25) is 5.02 Å². The number of benzene rings is 1. The molecule has 1 aromatic heterocycles. The Hall–Kier alpha value is -1.33. The number of hydrogen-bond donors (Lipinski definition) is 2. The first-order chi connectivity index (χ1) is 8.19. The highest BCUT2D eigenvalue weighted by molar-refractivity contribution is 7.09. The van der Waals surface area contributed by atoms with Gasteiger partial charge in [0.05, 0.1) is 10.7 Å². The Morgan fingerprint density at radius 3 is 3.06 bits per heavy atom. The molecule has 2 aromatic rings. The number of rotatable bonds is 4. The first kappa shape index (κ1) is 12.1. The monoisotopic (exact) mass is 268 g/mol. The van der Waals surface area contributed by atoms with E-state index in [1.54, 1.807) is 18.2 Å². The van der Waals surface area contributed by atoms with Gasteiger partial charge in [-0.1, -0.05) is 18.5 Å². The molecule has 0 radical (unpaired) electrons. The summed E-state index contributed by atoms with van der Waals surface area (Å²) in [5.41, 5.74) is 7.12. The molecule has 90 valence electrons. The predicted molar refractivity (Wildman–Crippen MR) is 73.1 cm³/mol. The summed E-state index contributed by atoms with van der Waals surface area (Å²) in [6.45, 7) is 2.10. The van der Waals surface area contributed by atoms with E-state index in [-0.39, 0.29) is 0 Å². The van der Waals surface area contributed by atoms with Crippen molar-refractivity contribution in [1.29, 1.82) is 0 Å². The van der Waals surface area contributed by atoms with Crippen molar-refractivity contribution in [2.45, 2.75) is 19.8 Å². The second kappa shape index (κ2) is 5.33. The van der Waals surface area contributed by atoms with E-state index in [1.165, 1.54) is 11.5 Å². The maximum atomic E-state index is 6.05. The van der Waals surface area contributed by atoms with Crippen molar-refractivity contribution < 1.29 is 0 Å². The molecule has 4 nitrogen and oxygen atoms in total. The normalized spacial score (nSPS) is 10.5. The van der Waals surface area contributed by atoms with E-state index in [4.69, 9.17) is 17.3 Å². The van der Waals surface area contributed by atoms with Crippen LogP contribution in [0.4, 0.5) is 16.5 Å². The molecule has 0 fully saturated rings. The number of aromatic nitrogens is 2. The lowest BCUT2D eigenvalue weighted by molar-refractivity contribution is 0.862. The summed E-state index contributed by atoms with van der Waals surface area (Å²) in [5.74, 6) is 0.861. The van der Waals surface area contributed by atoms with E-state index in [2.05, 4.69) is 21.6 Å². The van der Waals surface area contributed by atoms with Crippen LogP contribution in [-0.2, 0) is 6.42 Å². The van der Waals surface area contributed by atoms with E-state index in [1.807, 2.05) is 0 Å². The minimum Gasteiger partial charge on any atom is -0.399 e. The van der Waals surface area contributed by atoms with Gasteiger partial charge >= 0.3 is 0 Å². The van der Waals surface area contributed by atoms with Gasteiger partial charge in [0.2, 0.25) is 5.13 Å². The topological polar surface area (TPSA) is 63.8 Å². The minimum absolute atomic E-state index is 0.617. The summed E-state index contributed by atoms with van der Waals surface area (Å²) in [5, 5.41) is 4.48. The molecule has 0 bridgehead atoms. The average Bonchev–Trinajstić information content (AvgIpc) is 2.72. The van der Waals surface area contributed by atoms with Crippen LogP contribution < -0.4 is 11.1 Å². The summed E-state index contributed by atoms with van der Waals surface area (Å²) in [7, 11) is 0. The summed E-state index contributed by atoms with van der Waals surface area (Å²) in [6.07, 6.45) is 1.93. The summed E-state index contributed by atoms with van der Waals surface area (Å²) in [4.78, 5) is 4.36. The summed E-state index contributed by atoms with van der Waals surface area (Å²) >= 11 is 7.38. The maximum Gasteiger partial charge on any atom is 0.207 e. The average molecular weight is 269 g/mol. The summed E-state index contributed by atoms with van der Waals surface area (Å²) in [6, 6.07) is 5.30. The number of halogens is 1. The van der Waals surface area contributed by atoms with Crippen molar-refractivity contribution in [2.24, 2.45) is 0 Å². The number of nitrogen functional groups attached to an aromatic ring is 1. The minimum atomic E-state index is 0.617. The Balaban J connectivity index is 2.16. The van der Waals surface area contributed by atoms with Gasteiger partial charge in [0.15, 0.2) is 0 Å². The zero-order valence-electron chi connectivity index (χ0n) is 9.40. The van der Waals surface area contributed by atoms with Crippen LogP contribution in [0.5, 0.6) is 0 Å². The van der Waals surface area contributed by atoms with Gasteiger partial charge in [-0.3, -0.25) is 0 Å². The Bertz CT molecular complexity index is 512. The molecular formula is C11H13ClN4S. The van der Waals surface area contributed by atoms with Crippen LogP contribution in [-0.4, -0.2) is 9.36 Å². The van der Waals surface area contributed by atoms with Crippen molar-refractivity contribution >= 4 is 39.6 Å². The molecular weight excluding hydrogens is 256 g/mol. The van der Waals surface area contributed by atoms with Crippen LogP contribution in [0.1, 0.15) is 19.2 Å². The number of hydrogen-bond acceptors (Lipinski definition) is 5. The molecule has 1 heterocycles. The molecule has 0 amide bonds. The molecule has 0 saturated carbocycles. The Morgan fingerprint density at radius 1 is 1.47 bits per heavy atom. The fraction of sp³-hybridized carbons (Fsp3) is 0.273. The van der Waals surface area contributed by atoms with Crippen LogP contribution in [0.3, 0.4) is 0 Å². The maximum absolute atomic E-state index is 6.05. The first-order valence-corrected chi connectivity index (χ1v) is 6.49. The van der Waals surface area contributed by atoms with Gasteiger partial charge in [-0.15, -0.1) is 0 Å².